The number of esters is 1. The number of ketones is 1. The predicted molar refractivity (Wildman–Crippen MR) is 103 cm³/mol. The summed E-state index contributed by atoms with van der Waals surface area (Å²) in [6.07, 6.45) is 2.22. The standard InChI is InChI=1S/C14H22O3.C7H6F3N.H2/c1-10(15)11-7-5-6-8-12(9-11)13(16)17-14(2,3)4;1-5-4-6(2-3-11-5)7(8,9)10;/h9,11H,5-8H2,1-4H3;2-4H,1H3;1H/t11-;;/m1../s1. The van der Waals surface area contributed by atoms with Gasteiger partial charge in [0.15, 0.2) is 0 Å². The monoisotopic (exact) mass is 401 g/mol. The lowest BCUT2D eigenvalue weighted by molar-refractivity contribution is -0.150. The van der Waals surface area contributed by atoms with E-state index in [1.54, 1.807) is 6.92 Å². The Morgan fingerprint density at radius 3 is 2.32 bits per heavy atom. The van der Waals surface area contributed by atoms with Gasteiger partial charge in [0.1, 0.15) is 11.4 Å². The molecule has 0 aliphatic heterocycles. The summed E-state index contributed by atoms with van der Waals surface area (Å²) in [6.45, 7) is 8.66. The zero-order chi connectivity index (χ0) is 21.5. The van der Waals surface area contributed by atoms with E-state index in [-0.39, 0.29) is 19.1 Å². The summed E-state index contributed by atoms with van der Waals surface area (Å²) in [5.74, 6) is -0.251. The maximum Gasteiger partial charge on any atom is 0.416 e. The average Bonchev–Trinajstić information content (AvgIpc) is 2.79. The van der Waals surface area contributed by atoms with Crippen molar-refractivity contribution >= 4 is 11.8 Å². The Bertz CT molecular complexity index is 725. The Morgan fingerprint density at radius 1 is 1.21 bits per heavy atom. The topological polar surface area (TPSA) is 56.3 Å². The van der Waals surface area contributed by atoms with Gasteiger partial charge >= 0.3 is 12.1 Å². The van der Waals surface area contributed by atoms with Crippen LogP contribution in [0, 0.1) is 12.8 Å². The number of halogens is 3. The zero-order valence-electron chi connectivity index (χ0n) is 17.0. The van der Waals surface area contributed by atoms with Crippen molar-refractivity contribution in [1.29, 1.82) is 0 Å². The highest BCUT2D eigenvalue weighted by molar-refractivity contribution is 5.90. The quantitative estimate of drug-likeness (QED) is 0.598. The van der Waals surface area contributed by atoms with Gasteiger partial charge in [-0.2, -0.15) is 13.2 Å². The number of allylic oxidation sites excluding steroid dienone is 1. The SMILES string of the molecule is CC(=O)[C@H]1C=C(C(=O)OC(C)(C)C)CCCC1.Cc1cc(C(F)(F)F)ccn1.[HH]. The van der Waals surface area contributed by atoms with E-state index < -0.39 is 17.3 Å². The van der Waals surface area contributed by atoms with Crippen molar-refractivity contribution in [3.05, 3.63) is 41.2 Å². The van der Waals surface area contributed by atoms with Gasteiger partial charge in [0.25, 0.3) is 0 Å². The van der Waals surface area contributed by atoms with Crippen LogP contribution < -0.4 is 0 Å². The van der Waals surface area contributed by atoms with Gasteiger partial charge in [-0.15, -0.1) is 0 Å². The third-order valence-corrected chi connectivity index (χ3v) is 4.02. The van der Waals surface area contributed by atoms with Crippen LogP contribution in [0.25, 0.3) is 0 Å². The molecule has 0 aromatic carbocycles. The number of ether oxygens (including phenoxy) is 1. The first-order chi connectivity index (χ1) is 12.8. The average molecular weight is 401 g/mol. The number of alkyl halides is 3. The normalized spacial score (nSPS) is 17.6. The number of nitrogens with zero attached hydrogens (tertiary/aromatic N) is 1. The number of carbonyl (C=O) groups is 2. The van der Waals surface area contributed by atoms with Gasteiger partial charge in [0.05, 0.1) is 5.56 Å². The summed E-state index contributed by atoms with van der Waals surface area (Å²) >= 11 is 0. The Morgan fingerprint density at radius 2 is 1.86 bits per heavy atom. The molecular formula is C21H30F3NO3. The fraction of sp³-hybridized carbons (Fsp3) is 0.571. The van der Waals surface area contributed by atoms with Crippen molar-refractivity contribution in [2.45, 2.75) is 72.1 Å². The second kappa shape index (κ2) is 9.85. The molecule has 1 heterocycles. The highest BCUT2D eigenvalue weighted by atomic mass is 19.4. The van der Waals surface area contributed by atoms with E-state index in [1.165, 1.54) is 6.92 Å². The zero-order valence-corrected chi connectivity index (χ0v) is 17.0. The minimum Gasteiger partial charge on any atom is -0.457 e. The highest BCUT2D eigenvalue weighted by Gasteiger charge is 2.30. The Kier molecular flexibility index (Phi) is 8.39. The number of rotatable bonds is 2. The number of carbonyl (C=O) groups excluding carboxylic acids is 2. The summed E-state index contributed by atoms with van der Waals surface area (Å²) < 4.78 is 41.2. The largest absolute Gasteiger partial charge is 0.457 e. The van der Waals surface area contributed by atoms with Crippen molar-refractivity contribution in [2.75, 3.05) is 0 Å². The molecule has 1 aliphatic rings. The van der Waals surface area contributed by atoms with Crippen molar-refractivity contribution in [3.8, 4) is 0 Å². The Hall–Kier alpha value is -2.18. The first-order valence-electron chi connectivity index (χ1n) is 9.24. The van der Waals surface area contributed by atoms with Crippen LogP contribution in [0.3, 0.4) is 0 Å². The Balaban J connectivity index is 0.000000568. The van der Waals surface area contributed by atoms with Gasteiger partial charge in [0.2, 0.25) is 0 Å². The van der Waals surface area contributed by atoms with Crippen LogP contribution in [0.1, 0.15) is 66.1 Å². The fourth-order valence-corrected chi connectivity index (χ4v) is 2.65. The molecule has 2 rings (SSSR count). The molecule has 1 atom stereocenters. The first kappa shape index (κ1) is 23.9. The smallest absolute Gasteiger partial charge is 0.416 e. The minimum absolute atomic E-state index is 0. The van der Waals surface area contributed by atoms with E-state index >= 15 is 0 Å². The maximum absolute atomic E-state index is 11.9. The third kappa shape index (κ3) is 8.67. The molecule has 28 heavy (non-hydrogen) atoms. The maximum atomic E-state index is 11.9. The van der Waals surface area contributed by atoms with Gasteiger partial charge in [0, 0.05) is 24.8 Å². The lowest BCUT2D eigenvalue weighted by Crippen LogP contribution is -2.25. The molecule has 0 N–H and O–H groups in total. The molecule has 1 aliphatic carbocycles. The van der Waals surface area contributed by atoms with Gasteiger partial charge in [-0.25, -0.2) is 4.79 Å². The number of hydrogen-bond donors (Lipinski definition) is 0. The molecule has 1 aromatic heterocycles. The molecule has 1 aromatic rings. The molecule has 158 valence electrons. The van der Waals surface area contributed by atoms with Gasteiger partial charge in [-0.3, -0.25) is 9.78 Å². The number of aromatic nitrogens is 1. The summed E-state index contributed by atoms with van der Waals surface area (Å²) in [5.41, 5.74) is -0.0851. The lowest BCUT2D eigenvalue weighted by Gasteiger charge is -2.20. The van der Waals surface area contributed by atoms with Crippen molar-refractivity contribution < 1.29 is 28.9 Å². The molecule has 0 radical (unpaired) electrons. The second-order valence-corrected chi connectivity index (χ2v) is 7.84. The van der Waals surface area contributed by atoms with E-state index in [0.29, 0.717) is 11.3 Å². The number of Topliss-reactive ketones (excluding diaryl/α,β-unsaturated/α-hetero) is 1. The van der Waals surface area contributed by atoms with Crippen molar-refractivity contribution in [2.24, 2.45) is 5.92 Å². The van der Waals surface area contributed by atoms with E-state index in [4.69, 9.17) is 4.74 Å². The minimum atomic E-state index is -4.26. The summed E-state index contributed by atoms with van der Waals surface area (Å²) in [7, 11) is 0. The molecule has 0 bridgehead atoms. The van der Waals surface area contributed by atoms with Crippen LogP contribution in [-0.4, -0.2) is 22.3 Å². The molecule has 0 fully saturated rings. The molecule has 0 saturated heterocycles. The number of aryl methyl sites for hydroxylation is 1. The van der Waals surface area contributed by atoms with Crippen LogP contribution in [-0.2, 0) is 20.5 Å². The summed E-state index contributed by atoms with van der Waals surface area (Å²) in [4.78, 5) is 27.0. The number of hydrogen-bond acceptors (Lipinski definition) is 4. The molecule has 4 nitrogen and oxygen atoms in total. The van der Waals surface area contributed by atoms with Gasteiger partial charge in [-0.1, -0.05) is 12.5 Å². The predicted octanol–water partition coefficient (Wildman–Crippen LogP) is 5.69. The van der Waals surface area contributed by atoms with Crippen LogP contribution in [0.4, 0.5) is 13.2 Å². The first-order valence-corrected chi connectivity index (χ1v) is 9.24. The molecular weight excluding hydrogens is 371 g/mol. The van der Waals surface area contributed by atoms with Crippen molar-refractivity contribution in [3.63, 3.8) is 0 Å². The second-order valence-electron chi connectivity index (χ2n) is 7.84. The van der Waals surface area contributed by atoms with Crippen LogP contribution in [0.5, 0.6) is 0 Å². The molecule has 0 unspecified atom stereocenters. The molecule has 0 spiro atoms. The van der Waals surface area contributed by atoms with Gasteiger partial charge < -0.3 is 4.74 Å². The lowest BCUT2D eigenvalue weighted by atomic mass is 9.99. The molecule has 7 heteroatoms. The van der Waals surface area contributed by atoms with Crippen molar-refractivity contribution in [1.82, 2.24) is 4.98 Å². The molecule has 0 amide bonds. The summed E-state index contributed by atoms with van der Waals surface area (Å²) in [6, 6.07) is 1.97. The van der Waals surface area contributed by atoms with E-state index in [1.807, 2.05) is 26.8 Å². The summed E-state index contributed by atoms with van der Waals surface area (Å²) in [5, 5.41) is 0. The fourth-order valence-electron chi connectivity index (χ4n) is 2.65. The third-order valence-electron chi connectivity index (χ3n) is 4.02. The van der Waals surface area contributed by atoms with E-state index in [0.717, 1.165) is 44.0 Å². The number of pyridine rings is 1. The Labute approximate surface area is 165 Å². The van der Waals surface area contributed by atoms with E-state index in [2.05, 4.69) is 4.98 Å². The molecule has 0 saturated carbocycles. The van der Waals surface area contributed by atoms with Gasteiger partial charge in [-0.05, 0) is 66.0 Å². The van der Waals surface area contributed by atoms with Crippen LogP contribution >= 0.6 is 0 Å². The van der Waals surface area contributed by atoms with Crippen LogP contribution in [0.2, 0.25) is 0 Å². The van der Waals surface area contributed by atoms with Crippen LogP contribution in [0.15, 0.2) is 30.0 Å². The van der Waals surface area contributed by atoms with E-state index in [9.17, 15) is 22.8 Å². The highest BCUT2D eigenvalue weighted by Crippen LogP contribution is 2.28.